The number of benzene rings is 2. The topological polar surface area (TPSA) is 99.0 Å². The van der Waals surface area contributed by atoms with E-state index in [9.17, 15) is 4.79 Å². The van der Waals surface area contributed by atoms with Crippen molar-refractivity contribution >= 4 is 40.4 Å². The fourth-order valence-electron chi connectivity index (χ4n) is 2.43. The third kappa shape index (κ3) is 3.67. The molecule has 1 heterocycles. The molecule has 0 radical (unpaired) electrons. The molecule has 0 fully saturated rings. The van der Waals surface area contributed by atoms with Crippen molar-refractivity contribution < 1.29 is 4.79 Å². The molecule has 126 valence electrons. The van der Waals surface area contributed by atoms with Crippen LogP contribution in [0.5, 0.6) is 0 Å². The van der Waals surface area contributed by atoms with E-state index >= 15 is 0 Å². The normalized spacial score (nSPS) is 10.4. The number of aromatic nitrogens is 2. The Hall–Kier alpha value is -3.19. The van der Waals surface area contributed by atoms with E-state index in [0.717, 1.165) is 15.9 Å². The van der Waals surface area contributed by atoms with E-state index in [4.69, 9.17) is 23.7 Å². The molecule has 0 amide bonds. The van der Waals surface area contributed by atoms with Crippen LogP contribution < -0.4 is 16.8 Å². The number of carbonyl (C=O) groups is 1. The first kappa shape index (κ1) is 16.7. The van der Waals surface area contributed by atoms with Crippen LogP contribution in [0.3, 0.4) is 0 Å². The number of carbonyl (C=O) groups excluding carboxylic acids is 1. The van der Waals surface area contributed by atoms with Crippen molar-refractivity contribution in [3.05, 3.63) is 71.8 Å². The number of anilines is 3. The lowest BCUT2D eigenvalue weighted by Gasteiger charge is -2.08. The van der Waals surface area contributed by atoms with Crippen LogP contribution in [0, 0.1) is 0 Å². The van der Waals surface area contributed by atoms with E-state index < -0.39 is 0 Å². The zero-order chi connectivity index (χ0) is 17.8. The van der Waals surface area contributed by atoms with Gasteiger partial charge in [0.15, 0.2) is 5.82 Å². The largest absolute Gasteiger partial charge is 0.383 e. The molecular weight excluding hydrogens is 334 g/mol. The number of nitrogens with one attached hydrogen (secondary N) is 1. The molecule has 0 aliphatic carbocycles. The van der Waals surface area contributed by atoms with Crippen LogP contribution in [0.4, 0.5) is 17.3 Å². The summed E-state index contributed by atoms with van der Waals surface area (Å²) in [4.78, 5) is 12.8. The molecule has 0 atom stereocenters. The second-order valence-corrected chi connectivity index (χ2v) is 5.84. The third-order valence-electron chi connectivity index (χ3n) is 3.64. The minimum Gasteiger partial charge on any atom is -0.383 e. The lowest BCUT2D eigenvalue weighted by molar-refractivity contribution is 0.0902. The van der Waals surface area contributed by atoms with Gasteiger partial charge in [-0.2, -0.15) is 4.68 Å². The maximum absolute atomic E-state index is 12.5. The number of rotatable bonds is 4. The molecule has 2 aromatic carbocycles. The second-order valence-electron chi connectivity index (χ2n) is 5.43. The summed E-state index contributed by atoms with van der Waals surface area (Å²) >= 11 is 5.37. The minimum atomic E-state index is -0.274. The van der Waals surface area contributed by atoms with Crippen LogP contribution in [-0.2, 0) is 6.42 Å². The first-order chi connectivity index (χ1) is 12.1. The van der Waals surface area contributed by atoms with Crippen LogP contribution >= 0.6 is 12.2 Å². The molecule has 1 aromatic heterocycles. The number of nitrogens with zero attached hydrogens (tertiary/aromatic N) is 2. The van der Waals surface area contributed by atoms with Crippen LogP contribution in [0.2, 0.25) is 0 Å². The average molecular weight is 351 g/mol. The number of hydrogen-bond acceptors (Lipinski definition) is 5. The Bertz CT molecular complexity index is 906. The molecule has 3 aromatic rings. The van der Waals surface area contributed by atoms with Crippen LogP contribution in [0.25, 0.3) is 0 Å². The van der Waals surface area contributed by atoms with Gasteiger partial charge >= 0.3 is 0 Å². The van der Waals surface area contributed by atoms with E-state index in [1.165, 1.54) is 0 Å². The Kier molecular flexibility index (Phi) is 4.76. The highest BCUT2D eigenvalue weighted by molar-refractivity contribution is 7.81. The van der Waals surface area contributed by atoms with Crippen molar-refractivity contribution in [3.63, 3.8) is 0 Å². The molecule has 0 saturated carbocycles. The first-order valence-electron chi connectivity index (χ1n) is 7.63. The number of nitrogen functional groups attached to an aromatic ring is 2. The van der Waals surface area contributed by atoms with Crippen LogP contribution in [-0.4, -0.2) is 20.7 Å². The molecule has 7 heteroatoms. The standard InChI is InChI=1S/C18H17N5OS/c19-16-15(18(25)21-13-9-5-2-6-10-13)17(20)23(22-16)14(24)11-12-7-3-1-4-8-12/h1-10H,11,20H2,(H2,19,22)(H,21,25). The Balaban J connectivity index is 1.83. The highest BCUT2D eigenvalue weighted by Crippen LogP contribution is 2.22. The van der Waals surface area contributed by atoms with Gasteiger partial charge in [0.05, 0.1) is 12.0 Å². The highest BCUT2D eigenvalue weighted by atomic mass is 32.1. The van der Waals surface area contributed by atoms with Crippen LogP contribution in [0.1, 0.15) is 15.9 Å². The maximum atomic E-state index is 12.5. The van der Waals surface area contributed by atoms with Gasteiger partial charge in [-0.15, -0.1) is 5.10 Å². The summed E-state index contributed by atoms with van der Waals surface area (Å²) in [5.74, 6) is -0.0247. The summed E-state index contributed by atoms with van der Waals surface area (Å²) in [6, 6.07) is 18.7. The van der Waals surface area contributed by atoms with E-state index in [0.29, 0.717) is 10.6 Å². The molecule has 5 N–H and O–H groups in total. The van der Waals surface area contributed by atoms with Crippen molar-refractivity contribution in [1.82, 2.24) is 9.78 Å². The molecule has 0 aliphatic rings. The van der Waals surface area contributed by atoms with Crippen molar-refractivity contribution in [2.75, 3.05) is 16.8 Å². The Morgan fingerprint density at radius 3 is 2.28 bits per heavy atom. The fraction of sp³-hybridized carbons (Fsp3) is 0.0556. The summed E-state index contributed by atoms with van der Waals surface area (Å²) in [5.41, 5.74) is 14.1. The van der Waals surface area contributed by atoms with E-state index in [1.807, 2.05) is 60.7 Å². The smallest absolute Gasteiger partial charge is 0.253 e. The molecule has 6 nitrogen and oxygen atoms in total. The molecule has 0 unspecified atom stereocenters. The molecule has 0 aliphatic heterocycles. The second kappa shape index (κ2) is 7.14. The van der Waals surface area contributed by atoms with Gasteiger partial charge in [-0.25, -0.2) is 0 Å². The fourth-order valence-corrected chi connectivity index (χ4v) is 2.76. The van der Waals surface area contributed by atoms with E-state index in [-0.39, 0.29) is 24.0 Å². The van der Waals surface area contributed by atoms with Crippen molar-refractivity contribution in [1.29, 1.82) is 0 Å². The number of para-hydroxylation sites is 1. The molecule has 0 saturated heterocycles. The predicted molar refractivity (Wildman–Crippen MR) is 104 cm³/mol. The van der Waals surface area contributed by atoms with Gasteiger partial charge in [-0.3, -0.25) is 4.79 Å². The highest BCUT2D eigenvalue weighted by Gasteiger charge is 2.21. The number of thiocarbonyl (C=S) groups is 1. The molecule has 25 heavy (non-hydrogen) atoms. The van der Waals surface area contributed by atoms with Gasteiger partial charge in [0.1, 0.15) is 10.8 Å². The maximum Gasteiger partial charge on any atom is 0.253 e. The van der Waals surface area contributed by atoms with Gasteiger partial charge in [0.25, 0.3) is 5.91 Å². The van der Waals surface area contributed by atoms with Gasteiger partial charge in [0.2, 0.25) is 0 Å². The number of nitrogens with two attached hydrogens (primary N) is 2. The molecule has 3 rings (SSSR count). The minimum absolute atomic E-state index is 0.118. The SMILES string of the molecule is Nc1nn(C(=O)Cc2ccccc2)c(N)c1C(=S)Nc1ccccc1. The van der Waals surface area contributed by atoms with Gasteiger partial charge in [-0.1, -0.05) is 60.7 Å². The van der Waals surface area contributed by atoms with Gasteiger partial charge in [-0.05, 0) is 17.7 Å². The monoisotopic (exact) mass is 351 g/mol. The zero-order valence-electron chi connectivity index (χ0n) is 13.3. The lowest BCUT2D eigenvalue weighted by atomic mass is 10.1. The predicted octanol–water partition coefficient (Wildman–Crippen LogP) is 2.72. The molecule has 0 bridgehead atoms. The Morgan fingerprint density at radius 1 is 1.04 bits per heavy atom. The number of hydrogen-bond donors (Lipinski definition) is 3. The Morgan fingerprint density at radius 2 is 1.64 bits per heavy atom. The van der Waals surface area contributed by atoms with E-state index in [2.05, 4.69) is 10.4 Å². The average Bonchev–Trinajstić information content (AvgIpc) is 2.91. The van der Waals surface area contributed by atoms with Crippen molar-refractivity contribution in [2.24, 2.45) is 0 Å². The summed E-state index contributed by atoms with van der Waals surface area (Å²) in [6.45, 7) is 0. The van der Waals surface area contributed by atoms with Gasteiger partial charge in [0, 0.05) is 5.69 Å². The first-order valence-corrected chi connectivity index (χ1v) is 8.04. The summed E-state index contributed by atoms with van der Waals surface area (Å²) in [5, 5.41) is 7.11. The molecular formula is C18H17N5OS. The third-order valence-corrected chi connectivity index (χ3v) is 3.95. The molecule has 0 spiro atoms. The summed E-state index contributed by atoms with van der Waals surface area (Å²) in [7, 11) is 0. The van der Waals surface area contributed by atoms with Crippen molar-refractivity contribution in [3.8, 4) is 0 Å². The van der Waals surface area contributed by atoms with Crippen LogP contribution in [0.15, 0.2) is 60.7 Å². The van der Waals surface area contributed by atoms with Gasteiger partial charge < -0.3 is 16.8 Å². The summed E-state index contributed by atoms with van der Waals surface area (Å²) in [6.07, 6.45) is 0.171. The lowest BCUT2D eigenvalue weighted by Crippen LogP contribution is -2.19. The quantitative estimate of drug-likeness (QED) is 0.625. The van der Waals surface area contributed by atoms with E-state index in [1.54, 1.807) is 0 Å². The van der Waals surface area contributed by atoms with Crippen molar-refractivity contribution in [2.45, 2.75) is 6.42 Å². The summed E-state index contributed by atoms with van der Waals surface area (Å²) < 4.78 is 1.11. The Labute approximate surface area is 150 Å². The zero-order valence-corrected chi connectivity index (χ0v) is 14.2.